The van der Waals surface area contributed by atoms with Gasteiger partial charge in [0.2, 0.25) is 0 Å². The molecule has 19 heavy (non-hydrogen) atoms. The van der Waals surface area contributed by atoms with Crippen molar-refractivity contribution < 1.29 is 4.79 Å². The SMILES string of the molecule is CNC(=O)c1cnc(Cl)cc1NCC1CCNCC1. The number of nitrogens with one attached hydrogen (secondary N) is 3. The summed E-state index contributed by atoms with van der Waals surface area (Å²) in [5.41, 5.74) is 1.28. The summed E-state index contributed by atoms with van der Waals surface area (Å²) < 4.78 is 0. The van der Waals surface area contributed by atoms with Gasteiger partial charge in [-0.25, -0.2) is 4.98 Å². The van der Waals surface area contributed by atoms with Crippen molar-refractivity contribution in [3.8, 4) is 0 Å². The molecule has 1 aromatic rings. The van der Waals surface area contributed by atoms with E-state index in [1.165, 1.54) is 6.20 Å². The molecule has 1 aromatic heterocycles. The van der Waals surface area contributed by atoms with E-state index in [4.69, 9.17) is 11.6 Å². The largest absolute Gasteiger partial charge is 0.384 e. The average molecular weight is 283 g/mol. The van der Waals surface area contributed by atoms with Gasteiger partial charge in [-0.15, -0.1) is 0 Å². The van der Waals surface area contributed by atoms with Gasteiger partial charge in [-0.05, 0) is 37.9 Å². The minimum atomic E-state index is -0.156. The lowest BCUT2D eigenvalue weighted by Crippen LogP contribution is -2.31. The molecule has 1 amide bonds. The second-order valence-corrected chi connectivity index (χ2v) is 5.09. The highest BCUT2D eigenvalue weighted by Crippen LogP contribution is 2.20. The van der Waals surface area contributed by atoms with E-state index in [0.29, 0.717) is 16.6 Å². The summed E-state index contributed by atoms with van der Waals surface area (Å²) in [6, 6.07) is 1.70. The summed E-state index contributed by atoms with van der Waals surface area (Å²) in [4.78, 5) is 15.7. The van der Waals surface area contributed by atoms with Gasteiger partial charge in [-0.1, -0.05) is 11.6 Å². The number of hydrogen-bond acceptors (Lipinski definition) is 4. The third-order valence-electron chi connectivity index (χ3n) is 3.38. The third kappa shape index (κ3) is 3.81. The van der Waals surface area contributed by atoms with E-state index in [-0.39, 0.29) is 5.91 Å². The van der Waals surface area contributed by atoms with Crippen LogP contribution in [-0.4, -0.2) is 37.6 Å². The van der Waals surface area contributed by atoms with Crippen LogP contribution in [-0.2, 0) is 0 Å². The van der Waals surface area contributed by atoms with Gasteiger partial charge in [0.15, 0.2) is 0 Å². The first-order valence-electron chi connectivity index (χ1n) is 6.53. The molecule has 0 unspecified atom stereocenters. The van der Waals surface area contributed by atoms with Crippen LogP contribution in [0.25, 0.3) is 0 Å². The van der Waals surface area contributed by atoms with Crippen LogP contribution < -0.4 is 16.0 Å². The zero-order chi connectivity index (χ0) is 13.7. The molecular weight excluding hydrogens is 264 g/mol. The maximum absolute atomic E-state index is 11.8. The van der Waals surface area contributed by atoms with Gasteiger partial charge in [0.05, 0.1) is 11.3 Å². The molecule has 1 aliphatic rings. The van der Waals surface area contributed by atoms with Crippen molar-refractivity contribution in [2.45, 2.75) is 12.8 Å². The van der Waals surface area contributed by atoms with Crippen LogP contribution in [0.3, 0.4) is 0 Å². The molecule has 0 aromatic carbocycles. The van der Waals surface area contributed by atoms with Crippen molar-refractivity contribution in [2.75, 3.05) is 32.0 Å². The zero-order valence-electron chi connectivity index (χ0n) is 11.0. The lowest BCUT2D eigenvalue weighted by molar-refractivity contribution is 0.0963. The summed E-state index contributed by atoms with van der Waals surface area (Å²) in [5.74, 6) is 0.475. The Balaban J connectivity index is 2.05. The highest BCUT2D eigenvalue weighted by molar-refractivity contribution is 6.29. The molecule has 2 heterocycles. The van der Waals surface area contributed by atoms with Gasteiger partial charge >= 0.3 is 0 Å². The molecule has 0 spiro atoms. The van der Waals surface area contributed by atoms with E-state index in [2.05, 4.69) is 20.9 Å². The molecule has 5 nitrogen and oxygen atoms in total. The normalized spacial score (nSPS) is 16.1. The van der Waals surface area contributed by atoms with Crippen LogP contribution in [0.4, 0.5) is 5.69 Å². The molecule has 1 aliphatic heterocycles. The Morgan fingerprint density at radius 2 is 2.26 bits per heavy atom. The number of amides is 1. The summed E-state index contributed by atoms with van der Waals surface area (Å²) in [6.07, 6.45) is 3.81. The number of hydrogen-bond donors (Lipinski definition) is 3. The Morgan fingerprint density at radius 3 is 2.95 bits per heavy atom. The Bertz CT molecular complexity index is 446. The molecule has 0 atom stereocenters. The molecule has 2 rings (SSSR count). The number of piperidine rings is 1. The van der Waals surface area contributed by atoms with E-state index in [0.717, 1.165) is 38.2 Å². The van der Waals surface area contributed by atoms with Crippen LogP contribution in [0, 0.1) is 5.92 Å². The number of carbonyl (C=O) groups excluding carboxylic acids is 1. The Morgan fingerprint density at radius 1 is 1.53 bits per heavy atom. The minimum absolute atomic E-state index is 0.156. The standard InChI is InChI=1S/C13H19ClN4O/c1-15-13(19)10-8-18-12(14)6-11(10)17-7-9-2-4-16-5-3-9/h6,8-9,16H,2-5,7H2,1H3,(H,15,19)(H,17,18). The molecular formula is C13H19ClN4O. The number of pyridine rings is 1. The lowest BCUT2D eigenvalue weighted by atomic mass is 9.98. The summed E-state index contributed by atoms with van der Waals surface area (Å²) in [5, 5.41) is 9.66. The van der Waals surface area contributed by atoms with Gasteiger partial charge in [-0.3, -0.25) is 4.79 Å². The molecule has 3 N–H and O–H groups in total. The molecule has 6 heteroatoms. The summed E-state index contributed by atoms with van der Waals surface area (Å²) >= 11 is 5.89. The van der Waals surface area contributed by atoms with E-state index in [1.54, 1.807) is 13.1 Å². The molecule has 0 aliphatic carbocycles. The van der Waals surface area contributed by atoms with Crippen molar-refractivity contribution in [3.05, 3.63) is 23.0 Å². The number of halogens is 1. The van der Waals surface area contributed by atoms with Gasteiger partial charge in [0, 0.05) is 19.8 Å². The van der Waals surface area contributed by atoms with Crippen molar-refractivity contribution in [1.82, 2.24) is 15.6 Å². The van der Waals surface area contributed by atoms with Gasteiger partial charge in [-0.2, -0.15) is 0 Å². The molecule has 0 saturated carbocycles. The maximum atomic E-state index is 11.8. The predicted molar refractivity (Wildman–Crippen MR) is 76.7 cm³/mol. The van der Waals surface area contributed by atoms with E-state index in [1.807, 2.05) is 0 Å². The number of rotatable bonds is 4. The predicted octanol–water partition coefficient (Wildman–Crippen LogP) is 1.51. The summed E-state index contributed by atoms with van der Waals surface area (Å²) in [7, 11) is 1.60. The highest BCUT2D eigenvalue weighted by atomic mass is 35.5. The lowest BCUT2D eigenvalue weighted by Gasteiger charge is -2.23. The zero-order valence-corrected chi connectivity index (χ0v) is 11.8. The Labute approximate surface area is 118 Å². The first kappa shape index (κ1) is 14.1. The fraction of sp³-hybridized carbons (Fsp3) is 0.538. The van der Waals surface area contributed by atoms with E-state index in [9.17, 15) is 4.79 Å². The first-order valence-corrected chi connectivity index (χ1v) is 6.90. The number of carbonyl (C=O) groups is 1. The van der Waals surface area contributed by atoms with Crippen molar-refractivity contribution >= 4 is 23.2 Å². The van der Waals surface area contributed by atoms with Crippen molar-refractivity contribution in [2.24, 2.45) is 5.92 Å². The summed E-state index contributed by atoms with van der Waals surface area (Å²) in [6.45, 7) is 2.98. The monoisotopic (exact) mass is 282 g/mol. The van der Waals surface area contributed by atoms with Crippen LogP contribution in [0.2, 0.25) is 5.15 Å². The van der Waals surface area contributed by atoms with Crippen molar-refractivity contribution in [1.29, 1.82) is 0 Å². The van der Waals surface area contributed by atoms with Gasteiger partial charge in [0.1, 0.15) is 5.15 Å². The maximum Gasteiger partial charge on any atom is 0.254 e. The first-order chi connectivity index (χ1) is 9.20. The highest BCUT2D eigenvalue weighted by Gasteiger charge is 2.15. The molecule has 1 saturated heterocycles. The molecule has 0 bridgehead atoms. The molecule has 0 radical (unpaired) electrons. The van der Waals surface area contributed by atoms with Crippen LogP contribution in [0.1, 0.15) is 23.2 Å². The smallest absolute Gasteiger partial charge is 0.254 e. The second kappa shape index (κ2) is 6.73. The van der Waals surface area contributed by atoms with Crippen molar-refractivity contribution in [3.63, 3.8) is 0 Å². The number of anilines is 1. The number of aromatic nitrogens is 1. The fourth-order valence-corrected chi connectivity index (χ4v) is 2.39. The quantitative estimate of drug-likeness (QED) is 0.733. The van der Waals surface area contributed by atoms with Gasteiger partial charge in [0.25, 0.3) is 5.91 Å². The fourth-order valence-electron chi connectivity index (χ4n) is 2.23. The molecule has 104 valence electrons. The van der Waals surface area contributed by atoms with E-state index >= 15 is 0 Å². The van der Waals surface area contributed by atoms with Crippen LogP contribution >= 0.6 is 11.6 Å². The average Bonchev–Trinajstić information content (AvgIpc) is 2.45. The second-order valence-electron chi connectivity index (χ2n) is 4.71. The Hall–Kier alpha value is -1.33. The third-order valence-corrected chi connectivity index (χ3v) is 3.59. The topological polar surface area (TPSA) is 66.0 Å². The van der Waals surface area contributed by atoms with E-state index < -0.39 is 0 Å². The molecule has 1 fully saturated rings. The van der Waals surface area contributed by atoms with Crippen LogP contribution in [0.5, 0.6) is 0 Å². The van der Waals surface area contributed by atoms with Crippen LogP contribution in [0.15, 0.2) is 12.3 Å². The van der Waals surface area contributed by atoms with Gasteiger partial charge < -0.3 is 16.0 Å². The number of nitrogens with zero attached hydrogens (tertiary/aromatic N) is 1. The Kier molecular flexibility index (Phi) is 4.99. The minimum Gasteiger partial charge on any atom is -0.384 e.